The summed E-state index contributed by atoms with van der Waals surface area (Å²) >= 11 is 4.49. The predicted molar refractivity (Wildman–Crippen MR) is 92.7 cm³/mol. The maximum atomic E-state index is 5.32. The highest BCUT2D eigenvalue weighted by atomic mass is 32.2. The van der Waals surface area contributed by atoms with Gasteiger partial charge in [-0.2, -0.15) is 0 Å². The minimum atomic E-state index is 0.438. The Kier molecular flexibility index (Phi) is 11.4. The fourth-order valence-corrected chi connectivity index (χ4v) is 6.06. The van der Waals surface area contributed by atoms with E-state index in [9.17, 15) is 0 Å². The molecule has 1 fully saturated rings. The maximum Gasteiger partial charge on any atom is 0.146 e. The lowest BCUT2D eigenvalue weighted by atomic mass is 10.1. The van der Waals surface area contributed by atoms with E-state index in [0.29, 0.717) is 10.9 Å². The first kappa shape index (κ1) is 18.7. The van der Waals surface area contributed by atoms with Gasteiger partial charge in [-0.1, -0.05) is 39.0 Å². The SMILES string of the molecule is CCCCC1(CCCCCCOCOC)SCCCS1. The molecule has 1 heterocycles. The molecule has 0 aliphatic carbocycles. The predicted octanol–water partition coefficient (Wildman–Crippen LogP) is 5.31. The van der Waals surface area contributed by atoms with Crippen molar-refractivity contribution in [1.82, 2.24) is 0 Å². The van der Waals surface area contributed by atoms with Crippen molar-refractivity contribution in [2.45, 2.75) is 68.8 Å². The third-order valence-electron chi connectivity index (χ3n) is 3.73. The van der Waals surface area contributed by atoms with Gasteiger partial charge in [0.05, 0.1) is 4.08 Å². The molecule has 0 aromatic rings. The second-order valence-electron chi connectivity index (χ2n) is 5.54. The van der Waals surface area contributed by atoms with Crippen molar-refractivity contribution in [2.75, 3.05) is 32.0 Å². The number of unbranched alkanes of at least 4 members (excludes halogenated alkanes) is 4. The van der Waals surface area contributed by atoms with E-state index in [2.05, 4.69) is 30.4 Å². The summed E-state index contributed by atoms with van der Waals surface area (Å²) in [6.45, 7) is 3.59. The zero-order valence-electron chi connectivity index (χ0n) is 13.3. The topological polar surface area (TPSA) is 18.5 Å². The maximum absolute atomic E-state index is 5.32. The van der Waals surface area contributed by atoms with Crippen LogP contribution in [-0.4, -0.2) is 36.1 Å². The van der Waals surface area contributed by atoms with Crippen molar-refractivity contribution < 1.29 is 9.47 Å². The van der Waals surface area contributed by atoms with Gasteiger partial charge in [0.25, 0.3) is 0 Å². The van der Waals surface area contributed by atoms with Gasteiger partial charge >= 0.3 is 0 Å². The van der Waals surface area contributed by atoms with Gasteiger partial charge in [-0.25, -0.2) is 0 Å². The minimum absolute atomic E-state index is 0.438. The molecule has 0 spiro atoms. The van der Waals surface area contributed by atoms with E-state index in [1.54, 1.807) is 7.11 Å². The normalized spacial score (nSPS) is 18.3. The average molecular weight is 321 g/mol. The van der Waals surface area contributed by atoms with E-state index >= 15 is 0 Å². The van der Waals surface area contributed by atoms with Crippen LogP contribution in [0.3, 0.4) is 0 Å². The molecule has 1 saturated heterocycles. The summed E-state index contributed by atoms with van der Waals surface area (Å²) in [6, 6.07) is 0. The van der Waals surface area contributed by atoms with Gasteiger partial charge in [0.1, 0.15) is 6.79 Å². The monoisotopic (exact) mass is 320 g/mol. The van der Waals surface area contributed by atoms with Gasteiger partial charge in [-0.05, 0) is 37.2 Å². The molecule has 0 unspecified atom stereocenters. The Morgan fingerprint density at radius 1 is 0.950 bits per heavy atom. The van der Waals surface area contributed by atoms with Crippen LogP contribution in [0.25, 0.3) is 0 Å². The fraction of sp³-hybridized carbons (Fsp3) is 1.00. The molecule has 0 amide bonds. The summed E-state index contributed by atoms with van der Waals surface area (Å²) in [5, 5.41) is 0. The third-order valence-corrected chi connectivity index (χ3v) is 7.29. The molecular weight excluding hydrogens is 288 g/mol. The van der Waals surface area contributed by atoms with E-state index in [1.807, 2.05) is 0 Å². The molecule has 2 nitrogen and oxygen atoms in total. The highest BCUT2D eigenvalue weighted by Crippen LogP contribution is 2.49. The molecule has 0 atom stereocenters. The lowest BCUT2D eigenvalue weighted by Gasteiger charge is -2.36. The van der Waals surface area contributed by atoms with E-state index in [0.717, 1.165) is 6.61 Å². The Hall–Kier alpha value is 0.620. The lowest BCUT2D eigenvalue weighted by molar-refractivity contribution is -0.0315. The molecule has 0 bridgehead atoms. The van der Waals surface area contributed by atoms with Crippen molar-refractivity contribution in [3.05, 3.63) is 0 Å². The third kappa shape index (κ3) is 8.16. The van der Waals surface area contributed by atoms with Crippen LogP contribution in [0.5, 0.6) is 0 Å². The standard InChI is InChI=1S/C16H32O2S2/c1-3-4-10-16(19-13-9-14-20-16)11-7-5-6-8-12-18-15-17-2/h3-15H2,1-2H3. The van der Waals surface area contributed by atoms with Gasteiger partial charge in [-0.3, -0.25) is 0 Å². The molecule has 0 aromatic carbocycles. The molecule has 120 valence electrons. The molecule has 0 saturated carbocycles. The Morgan fingerprint density at radius 2 is 1.65 bits per heavy atom. The molecule has 1 aliphatic heterocycles. The number of methoxy groups -OCH3 is 1. The molecular formula is C16H32O2S2. The van der Waals surface area contributed by atoms with Gasteiger partial charge in [0.2, 0.25) is 0 Å². The first-order valence-corrected chi connectivity index (χ1v) is 10.1. The van der Waals surface area contributed by atoms with Crippen LogP contribution in [0.4, 0.5) is 0 Å². The van der Waals surface area contributed by atoms with E-state index in [-0.39, 0.29) is 0 Å². The molecule has 4 heteroatoms. The van der Waals surface area contributed by atoms with E-state index < -0.39 is 0 Å². The molecule has 0 radical (unpaired) electrons. The summed E-state index contributed by atoms with van der Waals surface area (Å²) in [5.41, 5.74) is 0. The average Bonchev–Trinajstić information content (AvgIpc) is 2.49. The van der Waals surface area contributed by atoms with Crippen LogP contribution >= 0.6 is 23.5 Å². The first-order valence-electron chi connectivity index (χ1n) is 8.17. The molecule has 1 rings (SSSR count). The largest absolute Gasteiger partial charge is 0.359 e. The number of thioether (sulfide) groups is 2. The summed E-state index contributed by atoms with van der Waals surface area (Å²) in [6.07, 6.45) is 12.1. The van der Waals surface area contributed by atoms with Gasteiger partial charge in [0, 0.05) is 13.7 Å². The van der Waals surface area contributed by atoms with Crippen molar-refractivity contribution in [1.29, 1.82) is 0 Å². The first-order chi connectivity index (χ1) is 9.83. The van der Waals surface area contributed by atoms with E-state index in [4.69, 9.17) is 9.47 Å². The smallest absolute Gasteiger partial charge is 0.146 e. The van der Waals surface area contributed by atoms with Crippen LogP contribution in [0.1, 0.15) is 64.7 Å². The Balaban J connectivity index is 2.09. The van der Waals surface area contributed by atoms with Gasteiger partial charge in [0.15, 0.2) is 0 Å². The summed E-state index contributed by atoms with van der Waals surface area (Å²) < 4.78 is 10.8. The molecule has 0 N–H and O–H groups in total. The van der Waals surface area contributed by atoms with Crippen molar-refractivity contribution >= 4 is 23.5 Å². The van der Waals surface area contributed by atoms with Crippen LogP contribution in [0, 0.1) is 0 Å². The van der Waals surface area contributed by atoms with Crippen LogP contribution in [-0.2, 0) is 9.47 Å². The molecule has 0 aromatic heterocycles. The Bertz CT molecular complexity index is 219. The van der Waals surface area contributed by atoms with Crippen LogP contribution < -0.4 is 0 Å². The lowest BCUT2D eigenvalue weighted by Crippen LogP contribution is -2.25. The number of rotatable bonds is 12. The van der Waals surface area contributed by atoms with Crippen LogP contribution in [0.15, 0.2) is 0 Å². The van der Waals surface area contributed by atoms with Crippen molar-refractivity contribution in [2.24, 2.45) is 0 Å². The number of hydrogen-bond acceptors (Lipinski definition) is 4. The Morgan fingerprint density at radius 3 is 2.35 bits per heavy atom. The van der Waals surface area contributed by atoms with Crippen molar-refractivity contribution in [3.63, 3.8) is 0 Å². The van der Waals surface area contributed by atoms with Gasteiger partial charge < -0.3 is 9.47 Å². The highest BCUT2D eigenvalue weighted by molar-refractivity contribution is 8.18. The summed E-state index contributed by atoms with van der Waals surface area (Å²) in [7, 11) is 1.68. The number of hydrogen-bond donors (Lipinski definition) is 0. The molecule has 20 heavy (non-hydrogen) atoms. The fourth-order valence-electron chi connectivity index (χ4n) is 2.57. The van der Waals surface area contributed by atoms with Crippen LogP contribution in [0.2, 0.25) is 0 Å². The quantitative estimate of drug-likeness (QED) is 0.358. The summed E-state index contributed by atoms with van der Waals surface area (Å²) in [5.74, 6) is 2.75. The second kappa shape index (κ2) is 12.2. The Labute approximate surface area is 134 Å². The van der Waals surface area contributed by atoms with Crippen molar-refractivity contribution in [3.8, 4) is 0 Å². The zero-order valence-corrected chi connectivity index (χ0v) is 15.0. The minimum Gasteiger partial charge on any atom is -0.359 e. The van der Waals surface area contributed by atoms with Gasteiger partial charge in [-0.15, -0.1) is 23.5 Å². The summed E-state index contributed by atoms with van der Waals surface area (Å²) in [4.78, 5) is 0. The zero-order chi connectivity index (χ0) is 14.5. The second-order valence-corrected chi connectivity index (χ2v) is 8.76. The number of ether oxygens (including phenoxy) is 2. The molecule has 1 aliphatic rings. The van der Waals surface area contributed by atoms with E-state index in [1.165, 1.54) is 69.3 Å². The highest BCUT2D eigenvalue weighted by Gasteiger charge is 2.32.